The summed E-state index contributed by atoms with van der Waals surface area (Å²) in [6, 6.07) is 7.46. The largest absolute Gasteiger partial charge is 0.494 e. The Morgan fingerprint density at radius 1 is 1.50 bits per heavy atom. The van der Waals surface area contributed by atoms with Crippen LogP contribution in [0, 0.1) is 0 Å². The topological polar surface area (TPSA) is 42.4 Å². The van der Waals surface area contributed by atoms with Crippen molar-refractivity contribution in [2.75, 3.05) is 6.61 Å². The molecule has 1 N–H and O–H groups in total. The fraction of sp³-hybridized carbons (Fsp3) is 0.250. The molecule has 0 amide bonds. The van der Waals surface area contributed by atoms with Crippen LogP contribution in [0.25, 0.3) is 0 Å². The number of aromatic nitrogens is 1. The lowest BCUT2D eigenvalue weighted by Crippen LogP contribution is -2.00. The average Bonchev–Trinajstić information content (AvgIpc) is 2.82. The van der Waals surface area contributed by atoms with E-state index >= 15 is 0 Å². The van der Waals surface area contributed by atoms with E-state index in [1.807, 2.05) is 36.6 Å². The molecule has 3 nitrogen and oxygen atoms in total. The third-order valence-electron chi connectivity index (χ3n) is 2.17. The van der Waals surface area contributed by atoms with Crippen LogP contribution in [-0.2, 0) is 0 Å². The zero-order chi connectivity index (χ0) is 11.4. The lowest BCUT2D eigenvalue weighted by Gasteiger charge is -2.10. The molecule has 1 atom stereocenters. The molecule has 2 rings (SSSR count). The Labute approximate surface area is 98.4 Å². The van der Waals surface area contributed by atoms with E-state index in [2.05, 4.69) is 4.98 Å². The summed E-state index contributed by atoms with van der Waals surface area (Å²) in [6.07, 6.45) is 1.02. The minimum atomic E-state index is -0.666. The molecule has 0 radical (unpaired) electrons. The molecule has 0 spiro atoms. The van der Waals surface area contributed by atoms with Crippen LogP contribution in [0.1, 0.15) is 23.6 Å². The monoisotopic (exact) mass is 235 g/mol. The Balaban J connectivity index is 2.23. The van der Waals surface area contributed by atoms with E-state index in [4.69, 9.17) is 4.74 Å². The molecule has 0 saturated heterocycles. The highest BCUT2D eigenvalue weighted by molar-refractivity contribution is 7.09. The van der Waals surface area contributed by atoms with Gasteiger partial charge in [0.25, 0.3) is 0 Å². The van der Waals surface area contributed by atoms with Crippen molar-refractivity contribution in [3.8, 4) is 5.75 Å². The number of benzene rings is 1. The minimum absolute atomic E-state index is 0.622. The Morgan fingerprint density at radius 3 is 3.06 bits per heavy atom. The van der Waals surface area contributed by atoms with Gasteiger partial charge in [-0.3, -0.25) is 0 Å². The van der Waals surface area contributed by atoms with Gasteiger partial charge in [0.05, 0.1) is 6.61 Å². The van der Waals surface area contributed by atoms with E-state index in [0.29, 0.717) is 11.6 Å². The highest BCUT2D eigenvalue weighted by Crippen LogP contribution is 2.26. The van der Waals surface area contributed by atoms with Crippen molar-refractivity contribution in [1.29, 1.82) is 0 Å². The molecule has 0 aliphatic carbocycles. The highest BCUT2D eigenvalue weighted by Gasteiger charge is 2.13. The predicted octanol–water partition coefficient (Wildman–Crippen LogP) is 2.62. The van der Waals surface area contributed by atoms with Gasteiger partial charge in [0.1, 0.15) is 16.9 Å². The fourth-order valence-corrected chi connectivity index (χ4v) is 2.10. The Bertz CT molecular complexity index is 442. The van der Waals surface area contributed by atoms with Gasteiger partial charge < -0.3 is 9.84 Å². The molecule has 0 saturated carbocycles. The van der Waals surface area contributed by atoms with Crippen LogP contribution in [0.3, 0.4) is 0 Å². The first-order valence-electron chi connectivity index (χ1n) is 5.11. The lowest BCUT2D eigenvalue weighted by atomic mass is 10.1. The first-order chi connectivity index (χ1) is 7.81. The normalized spacial score (nSPS) is 12.4. The van der Waals surface area contributed by atoms with Crippen LogP contribution in [0.15, 0.2) is 35.8 Å². The molecular formula is C12H13NO2S. The number of hydrogen-bond acceptors (Lipinski definition) is 4. The molecule has 2 aromatic rings. The van der Waals surface area contributed by atoms with E-state index in [-0.39, 0.29) is 0 Å². The van der Waals surface area contributed by atoms with Crippen molar-refractivity contribution in [3.05, 3.63) is 46.4 Å². The molecular weight excluding hydrogens is 222 g/mol. The number of nitrogens with zero attached hydrogens (tertiary/aromatic N) is 1. The first kappa shape index (κ1) is 11.1. The van der Waals surface area contributed by atoms with Crippen LogP contribution in [-0.4, -0.2) is 16.7 Å². The maximum Gasteiger partial charge on any atom is 0.131 e. The van der Waals surface area contributed by atoms with Gasteiger partial charge in [-0.2, -0.15) is 0 Å². The number of ether oxygens (including phenoxy) is 1. The third-order valence-corrected chi connectivity index (χ3v) is 3.00. The Kier molecular flexibility index (Phi) is 3.54. The van der Waals surface area contributed by atoms with Gasteiger partial charge in [0.2, 0.25) is 0 Å². The zero-order valence-corrected chi connectivity index (χ0v) is 9.78. The number of aliphatic hydroxyl groups excluding tert-OH is 1. The molecule has 4 heteroatoms. The van der Waals surface area contributed by atoms with E-state index < -0.39 is 6.10 Å². The lowest BCUT2D eigenvalue weighted by molar-refractivity contribution is 0.219. The van der Waals surface area contributed by atoms with Gasteiger partial charge >= 0.3 is 0 Å². The second-order valence-corrected chi connectivity index (χ2v) is 4.20. The summed E-state index contributed by atoms with van der Waals surface area (Å²) in [6.45, 7) is 2.56. The quantitative estimate of drug-likeness (QED) is 0.885. The predicted molar refractivity (Wildman–Crippen MR) is 63.8 cm³/mol. The van der Waals surface area contributed by atoms with Crippen molar-refractivity contribution in [2.24, 2.45) is 0 Å². The van der Waals surface area contributed by atoms with Crippen LogP contribution < -0.4 is 4.74 Å². The SMILES string of the molecule is CCOc1cccc(C(O)c2nccs2)c1. The molecule has 1 aromatic carbocycles. The third kappa shape index (κ3) is 2.40. The highest BCUT2D eigenvalue weighted by atomic mass is 32.1. The molecule has 0 bridgehead atoms. The van der Waals surface area contributed by atoms with Crippen molar-refractivity contribution >= 4 is 11.3 Å². The summed E-state index contributed by atoms with van der Waals surface area (Å²) < 4.78 is 5.39. The second-order valence-electron chi connectivity index (χ2n) is 3.28. The number of aliphatic hydroxyl groups is 1. The van der Waals surface area contributed by atoms with Crippen molar-refractivity contribution in [3.63, 3.8) is 0 Å². The molecule has 0 aliphatic rings. The summed E-state index contributed by atoms with van der Waals surface area (Å²) in [5.74, 6) is 0.774. The van der Waals surface area contributed by atoms with Crippen LogP contribution >= 0.6 is 11.3 Å². The van der Waals surface area contributed by atoms with Gasteiger partial charge in [0.15, 0.2) is 0 Å². The summed E-state index contributed by atoms with van der Waals surface area (Å²) in [4.78, 5) is 4.10. The van der Waals surface area contributed by atoms with Gasteiger partial charge in [-0.25, -0.2) is 4.98 Å². The molecule has 0 fully saturated rings. The Hall–Kier alpha value is -1.39. The van der Waals surface area contributed by atoms with E-state index in [1.165, 1.54) is 11.3 Å². The molecule has 1 aromatic heterocycles. The molecule has 84 valence electrons. The summed E-state index contributed by atoms with van der Waals surface area (Å²) in [5.41, 5.74) is 0.806. The molecule has 1 unspecified atom stereocenters. The van der Waals surface area contributed by atoms with E-state index in [9.17, 15) is 5.11 Å². The molecule has 0 aliphatic heterocycles. The second kappa shape index (κ2) is 5.09. The number of hydrogen-bond donors (Lipinski definition) is 1. The minimum Gasteiger partial charge on any atom is -0.494 e. The number of thiazole rings is 1. The molecule has 1 heterocycles. The molecule has 16 heavy (non-hydrogen) atoms. The number of rotatable bonds is 4. The van der Waals surface area contributed by atoms with Crippen molar-refractivity contribution in [2.45, 2.75) is 13.0 Å². The van der Waals surface area contributed by atoms with Crippen LogP contribution in [0.4, 0.5) is 0 Å². The van der Waals surface area contributed by atoms with Crippen molar-refractivity contribution in [1.82, 2.24) is 4.98 Å². The Morgan fingerprint density at radius 2 is 2.38 bits per heavy atom. The zero-order valence-electron chi connectivity index (χ0n) is 8.96. The average molecular weight is 235 g/mol. The smallest absolute Gasteiger partial charge is 0.131 e. The standard InChI is InChI=1S/C12H13NO2S/c1-2-15-10-5-3-4-9(8-10)11(14)12-13-6-7-16-12/h3-8,11,14H,2H2,1H3. The first-order valence-corrected chi connectivity index (χ1v) is 5.99. The van der Waals surface area contributed by atoms with Gasteiger partial charge in [0, 0.05) is 11.6 Å². The van der Waals surface area contributed by atoms with Crippen molar-refractivity contribution < 1.29 is 9.84 Å². The van der Waals surface area contributed by atoms with Crippen LogP contribution in [0.2, 0.25) is 0 Å². The fourth-order valence-electron chi connectivity index (χ4n) is 1.45. The summed E-state index contributed by atoms with van der Waals surface area (Å²) >= 11 is 1.44. The van der Waals surface area contributed by atoms with E-state index in [1.54, 1.807) is 6.20 Å². The maximum absolute atomic E-state index is 10.1. The summed E-state index contributed by atoms with van der Waals surface area (Å²) in [7, 11) is 0. The van der Waals surface area contributed by atoms with E-state index in [0.717, 1.165) is 11.3 Å². The summed E-state index contributed by atoms with van der Waals surface area (Å²) in [5, 5.41) is 12.6. The maximum atomic E-state index is 10.1. The van der Waals surface area contributed by atoms with Crippen LogP contribution in [0.5, 0.6) is 5.75 Å². The van der Waals surface area contributed by atoms with Gasteiger partial charge in [-0.05, 0) is 24.6 Å². The van der Waals surface area contributed by atoms with Gasteiger partial charge in [-0.1, -0.05) is 12.1 Å². The van der Waals surface area contributed by atoms with Gasteiger partial charge in [-0.15, -0.1) is 11.3 Å².